The zero-order valence-corrected chi connectivity index (χ0v) is 15.3. The molecule has 25 heavy (non-hydrogen) atoms. The zero-order chi connectivity index (χ0) is 18.4. The van der Waals surface area contributed by atoms with Gasteiger partial charge < -0.3 is 24.6 Å². The average Bonchev–Trinajstić information content (AvgIpc) is 2.73. The summed E-state index contributed by atoms with van der Waals surface area (Å²) in [5.74, 6) is 0.369. The highest BCUT2D eigenvalue weighted by molar-refractivity contribution is 5.88. The second kappa shape index (κ2) is 8.82. The van der Waals surface area contributed by atoms with E-state index in [0.717, 1.165) is 11.3 Å². The largest absolute Gasteiger partial charge is 0.491 e. The van der Waals surface area contributed by atoms with Crippen LogP contribution in [0.5, 0.6) is 5.75 Å². The van der Waals surface area contributed by atoms with E-state index in [1.165, 1.54) is 7.11 Å². The number of para-hydroxylation sites is 1. The van der Waals surface area contributed by atoms with Crippen LogP contribution in [0.25, 0.3) is 0 Å². The molecule has 0 unspecified atom stereocenters. The molecule has 1 N–H and O–H groups in total. The Hall–Kier alpha value is -2.12. The molecular weight excluding hydrogens is 322 g/mol. The molecule has 0 aliphatic carbocycles. The quantitative estimate of drug-likeness (QED) is 0.809. The van der Waals surface area contributed by atoms with Gasteiger partial charge >= 0.3 is 0 Å². The molecule has 0 saturated carbocycles. The summed E-state index contributed by atoms with van der Waals surface area (Å²) >= 11 is 0. The van der Waals surface area contributed by atoms with Gasteiger partial charge in [-0.2, -0.15) is 0 Å². The molecular formula is C18H27N3O4. The topological polar surface area (TPSA) is 71.1 Å². The third-order valence-electron chi connectivity index (χ3n) is 4.07. The minimum atomic E-state index is -0.627. The normalized spacial score (nSPS) is 18.1. The van der Waals surface area contributed by atoms with Crippen LogP contribution < -0.4 is 10.1 Å². The fourth-order valence-corrected chi connectivity index (χ4v) is 2.92. The van der Waals surface area contributed by atoms with Crippen molar-refractivity contribution in [3.05, 3.63) is 29.8 Å². The molecule has 1 aliphatic heterocycles. The van der Waals surface area contributed by atoms with Crippen LogP contribution in [0.3, 0.4) is 0 Å². The average molecular weight is 349 g/mol. The molecule has 1 aromatic carbocycles. The molecule has 0 spiro atoms. The lowest BCUT2D eigenvalue weighted by Crippen LogP contribution is -2.54. The van der Waals surface area contributed by atoms with Crippen LogP contribution in [-0.4, -0.2) is 74.7 Å². The number of hydrogen-bond acceptors (Lipinski definition) is 5. The Labute approximate surface area is 148 Å². The van der Waals surface area contributed by atoms with E-state index in [4.69, 9.17) is 9.47 Å². The summed E-state index contributed by atoms with van der Waals surface area (Å²) in [6.07, 6.45) is 0. The number of fused-ring (bicyclic) bond motifs is 1. The number of hydrogen-bond donors (Lipinski definition) is 1. The first-order valence-corrected chi connectivity index (χ1v) is 8.36. The predicted octanol–water partition coefficient (Wildman–Crippen LogP) is 0.489. The molecule has 0 saturated heterocycles. The maximum absolute atomic E-state index is 13.0. The number of benzene rings is 1. The van der Waals surface area contributed by atoms with Crippen LogP contribution in [-0.2, 0) is 20.9 Å². The van der Waals surface area contributed by atoms with Gasteiger partial charge in [-0.05, 0) is 27.1 Å². The molecule has 138 valence electrons. The van der Waals surface area contributed by atoms with Crippen LogP contribution in [0.4, 0.5) is 0 Å². The van der Waals surface area contributed by atoms with Gasteiger partial charge in [-0.1, -0.05) is 18.2 Å². The highest BCUT2D eigenvalue weighted by Gasteiger charge is 2.32. The van der Waals surface area contributed by atoms with Crippen molar-refractivity contribution < 1.29 is 19.1 Å². The van der Waals surface area contributed by atoms with Crippen LogP contribution in [0.15, 0.2) is 24.3 Å². The number of ether oxygens (including phenoxy) is 2. The van der Waals surface area contributed by atoms with Crippen molar-refractivity contribution in [2.24, 2.45) is 0 Å². The molecule has 1 aromatic rings. The lowest BCUT2D eigenvalue weighted by atomic mass is 10.1. The first-order chi connectivity index (χ1) is 11.9. The molecule has 2 atom stereocenters. The van der Waals surface area contributed by atoms with Crippen molar-refractivity contribution in [2.45, 2.75) is 25.6 Å². The number of likely N-dealkylation sites (N-methyl/N-ethyl adjacent to an activating group) is 1. The van der Waals surface area contributed by atoms with Gasteiger partial charge in [0.1, 0.15) is 25.0 Å². The van der Waals surface area contributed by atoms with E-state index in [1.54, 1.807) is 11.8 Å². The first-order valence-electron chi connectivity index (χ1n) is 8.36. The van der Waals surface area contributed by atoms with E-state index in [-0.39, 0.29) is 24.5 Å². The maximum Gasteiger partial charge on any atom is 0.246 e. The monoisotopic (exact) mass is 349 g/mol. The van der Waals surface area contributed by atoms with Gasteiger partial charge in [0.15, 0.2) is 0 Å². The molecule has 7 nitrogen and oxygen atoms in total. The van der Waals surface area contributed by atoms with Gasteiger partial charge in [0.25, 0.3) is 0 Å². The number of carbonyl (C=O) groups is 2. The third kappa shape index (κ3) is 5.17. The van der Waals surface area contributed by atoms with Crippen LogP contribution in [0, 0.1) is 0 Å². The Morgan fingerprint density at radius 1 is 1.40 bits per heavy atom. The molecule has 0 aromatic heterocycles. The number of rotatable bonds is 6. The maximum atomic E-state index is 13.0. The third-order valence-corrected chi connectivity index (χ3v) is 4.07. The minimum Gasteiger partial charge on any atom is -0.491 e. The van der Waals surface area contributed by atoms with Crippen molar-refractivity contribution in [3.63, 3.8) is 0 Å². The summed E-state index contributed by atoms with van der Waals surface area (Å²) < 4.78 is 10.7. The van der Waals surface area contributed by atoms with Crippen molar-refractivity contribution in [3.8, 4) is 5.75 Å². The Bertz CT molecular complexity index is 606. The number of nitrogens with one attached hydrogen (secondary N) is 1. The fraction of sp³-hybridized carbons (Fsp3) is 0.556. The van der Waals surface area contributed by atoms with Gasteiger partial charge in [0.05, 0.1) is 6.04 Å². The van der Waals surface area contributed by atoms with Gasteiger partial charge in [0.2, 0.25) is 11.8 Å². The van der Waals surface area contributed by atoms with Gasteiger partial charge in [-0.25, -0.2) is 0 Å². The molecule has 1 aliphatic rings. The fourth-order valence-electron chi connectivity index (χ4n) is 2.92. The second-order valence-electron chi connectivity index (χ2n) is 6.52. The highest BCUT2D eigenvalue weighted by Crippen LogP contribution is 2.25. The van der Waals surface area contributed by atoms with E-state index >= 15 is 0 Å². The predicted molar refractivity (Wildman–Crippen MR) is 94.3 cm³/mol. The van der Waals surface area contributed by atoms with Crippen molar-refractivity contribution >= 4 is 11.8 Å². The minimum absolute atomic E-state index is 0.0648. The molecule has 0 fully saturated rings. The molecule has 0 radical (unpaired) electrons. The Morgan fingerprint density at radius 2 is 2.12 bits per heavy atom. The number of amides is 2. The summed E-state index contributed by atoms with van der Waals surface area (Å²) in [6.45, 7) is 3.18. The molecule has 2 rings (SSSR count). The van der Waals surface area contributed by atoms with Crippen LogP contribution >= 0.6 is 0 Å². The summed E-state index contributed by atoms with van der Waals surface area (Å²) in [5, 5.41) is 2.69. The lowest BCUT2D eigenvalue weighted by molar-refractivity contribution is -0.139. The summed E-state index contributed by atoms with van der Waals surface area (Å²) in [6, 6.07) is 7.00. The van der Waals surface area contributed by atoms with Gasteiger partial charge in [-0.3, -0.25) is 9.59 Å². The lowest BCUT2D eigenvalue weighted by Gasteiger charge is -2.33. The van der Waals surface area contributed by atoms with Crippen molar-refractivity contribution in [2.75, 3.05) is 41.0 Å². The number of carbonyl (C=O) groups excluding carboxylic acids is 2. The van der Waals surface area contributed by atoms with E-state index in [2.05, 4.69) is 5.32 Å². The van der Waals surface area contributed by atoms with Crippen LogP contribution in [0.2, 0.25) is 0 Å². The molecule has 0 bridgehead atoms. The Morgan fingerprint density at radius 3 is 2.80 bits per heavy atom. The smallest absolute Gasteiger partial charge is 0.246 e. The highest BCUT2D eigenvalue weighted by atomic mass is 16.5. The summed E-state index contributed by atoms with van der Waals surface area (Å²) in [7, 11) is 5.37. The second-order valence-corrected chi connectivity index (χ2v) is 6.52. The van der Waals surface area contributed by atoms with Gasteiger partial charge in [0, 0.05) is 25.8 Å². The number of nitrogens with zero attached hydrogens (tertiary/aromatic N) is 2. The summed E-state index contributed by atoms with van der Waals surface area (Å²) in [5.41, 5.74) is 0.965. The van der Waals surface area contributed by atoms with E-state index < -0.39 is 6.04 Å². The SMILES string of the molecule is COCC(=O)N[C@H](C)C(=O)N1Cc2ccccc2OC[C@H]1CN(C)C. The van der Waals surface area contributed by atoms with Gasteiger partial charge in [-0.15, -0.1) is 0 Å². The Kier molecular flexibility index (Phi) is 6.78. The Balaban J connectivity index is 2.19. The molecule has 1 heterocycles. The first kappa shape index (κ1) is 19.2. The standard InChI is InChI=1S/C18H27N3O4/c1-13(19-17(22)12-24-4)18(23)21-9-14-7-5-6-8-16(14)25-11-15(21)10-20(2)3/h5-8,13,15H,9-12H2,1-4H3,(H,19,22)/t13-,15-/m1/s1. The zero-order valence-electron chi connectivity index (χ0n) is 15.3. The number of methoxy groups -OCH3 is 1. The van der Waals surface area contributed by atoms with E-state index in [9.17, 15) is 9.59 Å². The van der Waals surface area contributed by atoms with Crippen LogP contribution in [0.1, 0.15) is 12.5 Å². The van der Waals surface area contributed by atoms with Crippen molar-refractivity contribution in [1.82, 2.24) is 15.1 Å². The van der Waals surface area contributed by atoms with E-state index in [1.807, 2.05) is 43.3 Å². The summed E-state index contributed by atoms with van der Waals surface area (Å²) in [4.78, 5) is 28.5. The molecule has 2 amide bonds. The molecule has 7 heteroatoms. The van der Waals surface area contributed by atoms with Crippen molar-refractivity contribution in [1.29, 1.82) is 0 Å². The van der Waals surface area contributed by atoms with E-state index in [0.29, 0.717) is 19.7 Å².